The van der Waals surface area contributed by atoms with E-state index in [1.165, 1.54) is 11.8 Å². The van der Waals surface area contributed by atoms with Crippen molar-refractivity contribution < 1.29 is 73.9 Å². The molecular weight excluding hydrogens is 646 g/mol. The highest BCUT2D eigenvalue weighted by Crippen LogP contribution is 2.22. The summed E-state index contributed by atoms with van der Waals surface area (Å²) in [5, 5.41) is 76.6. The SMILES string of the molecule is C[C@@H]1O[C@@H](OCCNC(=O)CN(CC(=O)NCCCCCC(N)=O)CC(=O)NCCO[C@H]2O[C@H](CO)[C@@H](O)[C@H](O)[C@@H]2O)[C@@H](O)[C@H](O)[C@@H]1O. The molecule has 0 aromatic heterocycles. The van der Waals surface area contributed by atoms with Gasteiger partial charge in [-0.25, -0.2) is 0 Å². The van der Waals surface area contributed by atoms with Crippen LogP contribution in [0.4, 0.5) is 0 Å². The third-order valence-electron chi connectivity index (χ3n) is 7.59. The Morgan fingerprint density at radius 1 is 0.667 bits per heavy atom. The van der Waals surface area contributed by atoms with Crippen molar-refractivity contribution in [1.82, 2.24) is 20.9 Å². The second-order valence-corrected chi connectivity index (χ2v) is 11.6. The molecule has 2 rings (SSSR count). The minimum Gasteiger partial charge on any atom is -0.394 e. The molecular formula is C28H51N5O15. The molecule has 0 aliphatic carbocycles. The number of hydrogen-bond acceptors (Lipinski definition) is 16. The minimum absolute atomic E-state index is 0.0503. The van der Waals surface area contributed by atoms with Crippen LogP contribution in [-0.2, 0) is 38.1 Å². The van der Waals surface area contributed by atoms with E-state index in [0.29, 0.717) is 25.8 Å². The minimum atomic E-state index is -1.62. The van der Waals surface area contributed by atoms with Crippen LogP contribution < -0.4 is 21.7 Å². The molecule has 2 fully saturated rings. The zero-order valence-electron chi connectivity index (χ0n) is 26.9. The van der Waals surface area contributed by atoms with Gasteiger partial charge in [-0.2, -0.15) is 0 Å². The molecule has 20 nitrogen and oxygen atoms in total. The lowest BCUT2D eigenvalue weighted by molar-refractivity contribution is -0.300. The number of nitrogens with one attached hydrogen (secondary N) is 3. The first-order chi connectivity index (χ1) is 22.7. The number of carbonyl (C=O) groups excluding carboxylic acids is 4. The van der Waals surface area contributed by atoms with Crippen molar-refractivity contribution in [3.8, 4) is 0 Å². The summed E-state index contributed by atoms with van der Waals surface area (Å²) in [5.41, 5.74) is 5.11. The van der Waals surface area contributed by atoms with Crippen LogP contribution in [0.1, 0.15) is 32.6 Å². The lowest BCUT2D eigenvalue weighted by Crippen LogP contribution is -2.59. The van der Waals surface area contributed by atoms with Gasteiger partial charge in [-0.3, -0.25) is 24.1 Å². The van der Waals surface area contributed by atoms with Crippen LogP contribution in [0, 0.1) is 0 Å². The molecule has 0 bridgehead atoms. The van der Waals surface area contributed by atoms with Crippen molar-refractivity contribution in [1.29, 1.82) is 0 Å². The van der Waals surface area contributed by atoms with Gasteiger partial charge in [-0.15, -0.1) is 0 Å². The van der Waals surface area contributed by atoms with E-state index in [-0.39, 0.29) is 52.4 Å². The maximum Gasteiger partial charge on any atom is 0.234 e. The van der Waals surface area contributed by atoms with Crippen LogP contribution in [-0.4, -0.2) is 185 Å². The standard InChI is InChI=1S/C28H51N5O15/c1-15-21(39)23(41)25(43)27(47-15)45-9-7-31-19(37)12-33(11-18(36)30-6-4-2-3-5-17(29)35)13-20(38)32-8-10-46-28-26(44)24(42)22(40)16(14-34)48-28/h15-16,21-28,34,39-44H,2-14H2,1H3,(H2,29,35)(H,30,36)(H,31,37)(H,32,38)/t15-,16+,21+,22+,23+,24-,25-,26-,27+,28-/m0/s1. The van der Waals surface area contributed by atoms with E-state index in [1.54, 1.807) is 0 Å². The molecule has 10 atom stereocenters. The molecule has 2 aliphatic heterocycles. The lowest BCUT2D eigenvalue weighted by Gasteiger charge is -2.39. The molecule has 278 valence electrons. The van der Waals surface area contributed by atoms with Crippen LogP contribution in [0.15, 0.2) is 0 Å². The van der Waals surface area contributed by atoms with Crippen LogP contribution in [0.3, 0.4) is 0 Å². The highest BCUT2D eigenvalue weighted by atomic mass is 16.7. The summed E-state index contributed by atoms with van der Waals surface area (Å²) in [6.07, 6.45) is -11.6. The van der Waals surface area contributed by atoms with Crippen molar-refractivity contribution in [3.05, 3.63) is 0 Å². The molecule has 0 aromatic carbocycles. The third kappa shape index (κ3) is 14.1. The molecule has 0 radical (unpaired) electrons. The second kappa shape index (κ2) is 21.5. The van der Waals surface area contributed by atoms with Gasteiger partial charge in [0.25, 0.3) is 0 Å². The third-order valence-corrected chi connectivity index (χ3v) is 7.59. The first-order valence-electron chi connectivity index (χ1n) is 15.8. The van der Waals surface area contributed by atoms with Crippen molar-refractivity contribution in [2.45, 2.75) is 94.0 Å². The Hall–Kier alpha value is -2.60. The van der Waals surface area contributed by atoms with Gasteiger partial charge in [-0.1, -0.05) is 6.42 Å². The number of hydrogen-bond donors (Lipinski definition) is 11. The number of primary amides is 1. The molecule has 0 unspecified atom stereocenters. The zero-order valence-corrected chi connectivity index (χ0v) is 26.9. The average Bonchev–Trinajstić information content (AvgIpc) is 3.03. The fourth-order valence-corrected chi connectivity index (χ4v) is 4.86. The van der Waals surface area contributed by atoms with E-state index in [1.807, 2.05) is 0 Å². The van der Waals surface area contributed by atoms with E-state index >= 15 is 0 Å². The van der Waals surface area contributed by atoms with E-state index in [9.17, 15) is 54.9 Å². The number of rotatable bonds is 21. The smallest absolute Gasteiger partial charge is 0.234 e. The van der Waals surface area contributed by atoms with Gasteiger partial charge in [0.05, 0.1) is 45.6 Å². The number of unbranched alkanes of at least 4 members (excludes halogenated alkanes) is 2. The number of carbonyl (C=O) groups is 4. The molecule has 0 saturated carbocycles. The van der Waals surface area contributed by atoms with E-state index in [4.69, 9.17) is 24.7 Å². The molecule has 0 spiro atoms. The zero-order chi connectivity index (χ0) is 35.8. The fraction of sp³-hybridized carbons (Fsp3) is 0.857. The highest BCUT2D eigenvalue weighted by molar-refractivity contribution is 5.84. The fourth-order valence-electron chi connectivity index (χ4n) is 4.86. The Bertz CT molecular complexity index is 1010. The molecule has 20 heteroatoms. The maximum absolute atomic E-state index is 12.7. The van der Waals surface area contributed by atoms with Gasteiger partial charge in [0.2, 0.25) is 23.6 Å². The summed E-state index contributed by atoms with van der Waals surface area (Å²) in [4.78, 5) is 50.0. The Morgan fingerprint density at radius 3 is 1.65 bits per heavy atom. The van der Waals surface area contributed by atoms with Crippen molar-refractivity contribution in [2.24, 2.45) is 5.73 Å². The van der Waals surface area contributed by atoms with Crippen LogP contribution >= 0.6 is 0 Å². The van der Waals surface area contributed by atoms with E-state index < -0.39 is 91.6 Å². The van der Waals surface area contributed by atoms with Crippen LogP contribution in [0.5, 0.6) is 0 Å². The Labute approximate surface area is 277 Å². The van der Waals surface area contributed by atoms with Gasteiger partial charge in [-0.05, 0) is 19.8 Å². The lowest BCUT2D eigenvalue weighted by atomic mass is 9.99. The largest absolute Gasteiger partial charge is 0.394 e. The highest BCUT2D eigenvalue weighted by Gasteiger charge is 2.44. The summed E-state index contributed by atoms with van der Waals surface area (Å²) >= 11 is 0. The second-order valence-electron chi connectivity index (χ2n) is 11.6. The van der Waals surface area contributed by atoms with Crippen molar-refractivity contribution in [2.75, 3.05) is 59.1 Å². The maximum atomic E-state index is 12.7. The Balaban J connectivity index is 1.82. The van der Waals surface area contributed by atoms with Gasteiger partial charge in [0.1, 0.15) is 42.7 Å². The summed E-state index contributed by atoms with van der Waals surface area (Å²) < 4.78 is 21.3. The topological polar surface area (TPSA) is 312 Å². The molecule has 2 saturated heterocycles. The van der Waals surface area contributed by atoms with Gasteiger partial charge >= 0.3 is 0 Å². The first-order valence-corrected chi connectivity index (χ1v) is 15.8. The molecule has 2 aliphatic rings. The molecule has 0 aromatic rings. The number of amides is 4. The number of aliphatic hydroxyl groups is 7. The van der Waals surface area contributed by atoms with Gasteiger partial charge in [0, 0.05) is 26.1 Å². The molecule has 12 N–H and O–H groups in total. The van der Waals surface area contributed by atoms with Crippen molar-refractivity contribution in [3.63, 3.8) is 0 Å². The Morgan fingerprint density at radius 2 is 1.15 bits per heavy atom. The Kier molecular flexibility index (Phi) is 18.6. The monoisotopic (exact) mass is 697 g/mol. The number of nitrogens with zero attached hydrogens (tertiary/aromatic N) is 1. The van der Waals surface area contributed by atoms with Crippen molar-refractivity contribution >= 4 is 23.6 Å². The number of ether oxygens (including phenoxy) is 4. The van der Waals surface area contributed by atoms with Crippen LogP contribution in [0.2, 0.25) is 0 Å². The van der Waals surface area contributed by atoms with E-state index in [0.717, 1.165) is 0 Å². The molecule has 2 heterocycles. The van der Waals surface area contributed by atoms with Crippen LogP contribution in [0.25, 0.3) is 0 Å². The predicted molar refractivity (Wildman–Crippen MR) is 161 cm³/mol. The van der Waals surface area contributed by atoms with Gasteiger partial charge in [0.15, 0.2) is 12.6 Å². The van der Waals surface area contributed by atoms with E-state index in [2.05, 4.69) is 16.0 Å². The van der Waals surface area contributed by atoms with Gasteiger partial charge < -0.3 is 76.4 Å². The predicted octanol–water partition coefficient (Wildman–Crippen LogP) is -6.66. The normalized spacial score (nSPS) is 30.5. The average molecular weight is 698 g/mol. The summed E-state index contributed by atoms with van der Waals surface area (Å²) in [6, 6.07) is 0. The summed E-state index contributed by atoms with van der Waals surface area (Å²) in [5.74, 6) is -2.02. The quantitative estimate of drug-likeness (QED) is 0.0497. The first kappa shape index (κ1) is 41.6. The molecule has 48 heavy (non-hydrogen) atoms. The molecule has 4 amide bonds. The number of nitrogens with two attached hydrogens (primary N) is 1. The number of aliphatic hydroxyl groups excluding tert-OH is 7. The summed E-state index contributed by atoms with van der Waals surface area (Å²) in [7, 11) is 0. The summed E-state index contributed by atoms with van der Waals surface area (Å²) in [6.45, 7) is -0.373.